The molecule has 1 aromatic rings. The first-order chi connectivity index (χ1) is 11.1. The zero-order valence-corrected chi connectivity index (χ0v) is 13.1. The predicted molar refractivity (Wildman–Crippen MR) is 87.4 cm³/mol. The quantitative estimate of drug-likeness (QED) is 0.488. The summed E-state index contributed by atoms with van der Waals surface area (Å²) in [6.07, 6.45) is 8.11. The maximum absolute atomic E-state index is 12.5. The highest BCUT2D eigenvalue weighted by molar-refractivity contribution is 5.94. The van der Waals surface area contributed by atoms with Gasteiger partial charge < -0.3 is 4.90 Å². The van der Waals surface area contributed by atoms with Gasteiger partial charge in [-0.25, -0.2) is 0 Å². The number of hydrogen-bond acceptors (Lipinski definition) is 4. The van der Waals surface area contributed by atoms with Gasteiger partial charge in [-0.3, -0.25) is 19.8 Å². The maximum Gasteiger partial charge on any atom is 0.270 e. The van der Waals surface area contributed by atoms with Crippen molar-refractivity contribution in [1.82, 2.24) is 9.80 Å². The molecule has 1 aliphatic heterocycles. The van der Waals surface area contributed by atoms with Gasteiger partial charge in [0.15, 0.2) is 0 Å². The highest BCUT2D eigenvalue weighted by Gasteiger charge is 2.26. The highest BCUT2D eigenvalue weighted by Crippen LogP contribution is 2.20. The lowest BCUT2D eigenvalue weighted by Crippen LogP contribution is -2.51. The number of nitrogens with zero attached hydrogens (tertiary/aromatic N) is 3. The third-order valence-electron chi connectivity index (χ3n) is 4.60. The second kappa shape index (κ2) is 6.91. The molecule has 0 N–H and O–H groups in total. The number of nitro benzene ring substituents is 1. The summed E-state index contributed by atoms with van der Waals surface area (Å²) in [5, 5.41) is 10.8. The van der Waals surface area contributed by atoms with Crippen LogP contribution in [0.3, 0.4) is 0 Å². The Labute approximate surface area is 135 Å². The van der Waals surface area contributed by atoms with Crippen LogP contribution in [-0.2, 0) is 0 Å². The molecule has 0 unspecified atom stereocenters. The van der Waals surface area contributed by atoms with Gasteiger partial charge >= 0.3 is 0 Å². The molecule has 0 radical (unpaired) electrons. The van der Waals surface area contributed by atoms with E-state index in [0.29, 0.717) is 24.7 Å². The molecule has 6 nitrogen and oxygen atoms in total. The van der Waals surface area contributed by atoms with Gasteiger partial charge in [0.05, 0.1) is 4.92 Å². The molecule has 1 aromatic carbocycles. The summed E-state index contributed by atoms with van der Waals surface area (Å²) in [4.78, 5) is 27.1. The smallest absolute Gasteiger partial charge is 0.270 e. The van der Waals surface area contributed by atoms with Crippen LogP contribution in [0.25, 0.3) is 0 Å². The van der Waals surface area contributed by atoms with E-state index < -0.39 is 4.92 Å². The van der Waals surface area contributed by atoms with Crippen LogP contribution >= 0.6 is 0 Å². The fraction of sp³-hybridized carbons (Fsp3) is 0.471. The van der Waals surface area contributed by atoms with E-state index in [2.05, 4.69) is 17.1 Å². The van der Waals surface area contributed by atoms with E-state index in [1.54, 1.807) is 17.0 Å². The Kier molecular flexibility index (Phi) is 4.71. The fourth-order valence-electron chi connectivity index (χ4n) is 3.29. The molecule has 1 heterocycles. The van der Waals surface area contributed by atoms with Gasteiger partial charge in [0, 0.05) is 49.9 Å². The van der Waals surface area contributed by atoms with Gasteiger partial charge in [-0.1, -0.05) is 18.2 Å². The zero-order valence-electron chi connectivity index (χ0n) is 13.1. The van der Waals surface area contributed by atoms with Crippen molar-refractivity contribution in [3.63, 3.8) is 0 Å². The molecule has 2 aliphatic rings. The number of amides is 1. The summed E-state index contributed by atoms with van der Waals surface area (Å²) in [5.41, 5.74) is 0.354. The standard InChI is InChI=1S/C17H21N3O3/c21-17(14-5-4-8-16(13-14)20(22)23)19-11-9-18(10-12-19)15-6-2-1-3-7-15/h2,4-6,8,13,15H,1,3,7,9-12H2/t15-/m0/s1. The largest absolute Gasteiger partial charge is 0.336 e. The van der Waals surface area contributed by atoms with Crippen molar-refractivity contribution in [2.45, 2.75) is 25.3 Å². The first-order valence-electron chi connectivity index (χ1n) is 8.09. The topological polar surface area (TPSA) is 66.7 Å². The molecule has 23 heavy (non-hydrogen) atoms. The normalized spacial score (nSPS) is 22.1. The number of nitro groups is 1. The zero-order chi connectivity index (χ0) is 16.2. The van der Waals surface area contributed by atoms with Crippen LogP contribution in [0.2, 0.25) is 0 Å². The molecule has 3 rings (SSSR count). The average molecular weight is 315 g/mol. The van der Waals surface area contributed by atoms with Gasteiger partial charge in [0.1, 0.15) is 0 Å². The number of benzene rings is 1. The van der Waals surface area contributed by atoms with E-state index in [-0.39, 0.29) is 11.6 Å². The van der Waals surface area contributed by atoms with Crippen molar-refractivity contribution in [3.8, 4) is 0 Å². The number of piperazine rings is 1. The minimum Gasteiger partial charge on any atom is -0.336 e. The Morgan fingerprint density at radius 1 is 1.22 bits per heavy atom. The molecule has 1 fully saturated rings. The van der Waals surface area contributed by atoms with E-state index in [1.807, 2.05) is 0 Å². The lowest BCUT2D eigenvalue weighted by molar-refractivity contribution is -0.384. The Bertz CT molecular complexity index is 621. The van der Waals surface area contributed by atoms with Crippen LogP contribution < -0.4 is 0 Å². The first-order valence-corrected chi connectivity index (χ1v) is 8.09. The van der Waals surface area contributed by atoms with Crippen LogP contribution in [-0.4, -0.2) is 52.9 Å². The molecule has 1 amide bonds. The number of non-ortho nitro benzene ring substituents is 1. The second-order valence-electron chi connectivity index (χ2n) is 6.06. The molecule has 0 aromatic heterocycles. The number of carbonyl (C=O) groups is 1. The van der Waals surface area contributed by atoms with E-state index in [9.17, 15) is 14.9 Å². The summed E-state index contributed by atoms with van der Waals surface area (Å²) < 4.78 is 0. The minimum absolute atomic E-state index is 0.0400. The molecular weight excluding hydrogens is 294 g/mol. The molecule has 1 aliphatic carbocycles. The molecule has 6 heteroatoms. The molecule has 0 bridgehead atoms. The van der Waals surface area contributed by atoms with Crippen molar-refractivity contribution in [2.75, 3.05) is 26.2 Å². The van der Waals surface area contributed by atoms with Crippen molar-refractivity contribution in [2.24, 2.45) is 0 Å². The Balaban J connectivity index is 1.62. The number of rotatable bonds is 3. The summed E-state index contributed by atoms with van der Waals surface area (Å²) in [6, 6.07) is 6.47. The van der Waals surface area contributed by atoms with Crippen LogP contribution in [0.15, 0.2) is 36.4 Å². The highest BCUT2D eigenvalue weighted by atomic mass is 16.6. The Morgan fingerprint density at radius 3 is 2.65 bits per heavy atom. The molecular formula is C17H21N3O3. The van der Waals surface area contributed by atoms with Crippen molar-refractivity contribution in [3.05, 3.63) is 52.1 Å². The van der Waals surface area contributed by atoms with E-state index in [4.69, 9.17) is 0 Å². The van der Waals surface area contributed by atoms with Gasteiger partial charge in [-0.15, -0.1) is 0 Å². The first kappa shape index (κ1) is 15.7. The van der Waals surface area contributed by atoms with E-state index in [1.165, 1.54) is 31.4 Å². The molecule has 0 spiro atoms. The Hall–Kier alpha value is -2.21. The van der Waals surface area contributed by atoms with Crippen molar-refractivity contribution >= 4 is 11.6 Å². The van der Waals surface area contributed by atoms with Gasteiger partial charge in [0.2, 0.25) is 0 Å². The van der Waals surface area contributed by atoms with Crippen LogP contribution in [0.5, 0.6) is 0 Å². The van der Waals surface area contributed by atoms with Gasteiger partial charge in [-0.2, -0.15) is 0 Å². The molecule has 122 valence electrons. The summed E-state index contributed by atoms with van der Waals surface area (Å²) in [7, 11) is 0. The van der Waals surface area contributed by atoms with E-state index >= 15 is 0 Å². The van der Waals surface area contributed by atoms with Crippen molar-refractivity contribution in [1.29, 1.82) is 0 Å². The molecule has 1 saturated heterocycles. The number of allylic oxidation sites excluding steroid dienone is 1. The summed E-state index contributed by atoms with van der Waals surface area (Å²) >= 11 is 0. The average Bonchev–Trinajstić information content (AvgIpc) is 2.62. The lowest BCUT2D eigenvalue weighted by Gasteiger charge is -2.39. The van der Waals surface area contributed by atoms with Gasteiger partial charge in [0.25, 0.3) is 11.6 Å². The predicted octanol–water partition coefficient (Wildman–Crippen LogP) is 2.46. The van der Waals surface area contributed by atoms with Crippen LogP contribution in [0.1, 0.15) is 29.6 Å². The fourth-order valence-corrected chi connectivity index (χ4v) is 3.29. The monoisotopic (exact) mass is 315 g/mol. The Morgan fingerprint density at radius 2 is 2.00 bits per heavy atom. The SMILES string of the molecule is O=C(c1cccc([N+](=O)[O-])c1)N1CCN([C@H]2C=CCCC2)CC1. The summed E-state index contributed by atoms with van der Waals surface area (Å²) in [5.74, 6) is -0.118. The van der Waals surface area contributed by atoms with Gasteiger partial charge in [-0.05, 0) is 25.3 Å². The van der Waals surface area contributed by atoms with E-state index in [0.717, 1.165) is 13.1 Å². The number of carbonyl (C=O) groups excluding carboxylic acids is 1. The van der Waals surface area contributed by atoms with Crippen LogP contribution in [0.4, 0.5) is 5.69 Å². The molecule has 0 saturated carbocycles. The third kappa shape index (κ3) is 3.59. The number of hydrogen-bond donors (Lipinski definition) is 0. The third-order valence-corrected chi connectivity index (χ3v) is 4.60. The second-order valence-corrected chi connectivity index (χ2v) is 6.06. The lowest BCUT2D eigenvalue weighted by atomic mass is 10.0. The minimum atomic E-state index is -0.468. The van der Waals surface area contributed by atoms with Crippen molar-refractivity contribution < 1.29 is 9.72 Å². The van der Waals surface area contributed by atoms with Crippen LogP contribution in [0, 0.1) is 10.1 Å². The molecule has 1 atom stereocenters. The summed E-state index contributed by atoms with van der Waals surface area (Å²) in [6.45, 7) is 3.06. The maximum atomic E-state index is 12.5.